The molecule has 1 saturated carbocycles. The molecule has 0 aromatic carbocycles. The second kappa shape index (κ2) is 4.18. The van der Waals surface area contributed by atoms with Gasteiger partial charge in [-0.2, -0.15) is 0 Å². The normalized spacial score (nSPS) is 20.1. The highest BCUT2D eigenvalue weighted by atomic mass is 16.6. The van der Waals surface area contributed by atoms with Crippen molar-refractivity contribution in [3.8, 4) is 0 Å². The molecule has 1 aromatic heterocycles. The van der Waals surface area contributed by atoms with Crippen LogP contribution in [0.4, 0.5) is 11.5 Å². The van der Waals surface area contributed by atoms with Crippen LogP contribution in [0.5, 0.6) is 0 Å². The Bertz CT molecular complexity index is 509. The molecular formula is C14H21N3O2. The predicted molar refractivity (Wildman–Crippen MR) is 75.2 cm³/mol. The van der Waals surface area contributed by atoms with Crippen molar-refractivity contribution in [2.45, 2.75) is 34.6 Å². The van der Waals surface area contributed by atoms with Crippen LogP contribution in [0.2, 0.25) is 0 Å². The van der Waals surface area contributed by atoms with Crippen molar-refractivity contribution in [1.29, 1.82) is 0 Å². The van der Waals surface area contributed by atoms with E-state index in [4.69, 9.17) is 0 Å². The van der Waals surface area contributed by atoms with E-state index in [-0.39, 0.29) is 10.6 Å². The van der Waals surface area contributed by atoms with Crippen LogP contribution in [0.15, 0.2) is 12.3 Å². The number of anilines is 1. The molecule has 5 nitrogen and oxygen atoms in total. The first-order chi connectivity index (χ1) is 8.68. The first kappa shape index (κ1) is 13.8. The summed E-state index contributed by atoms with van der Waals surface area (Å²) < 4.78 is 0. The van der Waals surface area contributed by atoms with Gasteiger partial charge in [-0.1, -0.05) is 27.7 Å². The van der Waals surface area contributed by atoms with Gasteiger partial charge in [0.25, 0.3) is 5.69 Å². The third-order valence-corrected chi connectivity index (χ3v) is 5.08. The van der Waals surface area contributed by atoms with E-state index in [1.807, 2.05) is 0 Å². The third-order valence-electron chi connectivity index (χ3n) is 5.08. The predicted octanol–water partition coefficient (Wildman–Crippen LogP) is 3.39. The van der Waals surface area contributed by atoms with Crippen LogP contribution in [0.1, 0.15) is 33.3 Å². The zero-order chi connectivity index (χ0) is 14.4. The summed E-state index contributed by atoms with van der Waals surface area (Å²) in [6.07, 6.45) is 1.55. The molecule has 5 heteroatoms. The molecule has 19 heavy (non-hydrogen) atoms. The van der Waals surface area contributed by atoms with E-state index >= 15 is 0 Å². The lowest BCUT2D eigenvalue weighted by Crippen LogP contribution is -2.09. The summed E-state index contributed by atoms with van der Waals surface area (Å²) in [4.78, 5) is 14.7. The van der Waals surface area contributed by atoms with Gasteiger partial charge in [0.15, 0.2) is 0 Å². The van der Waals surface area contributed by atoms with Gasteiger partial charge < -0.3 is 5.32 Å². The Morgan fingerprint density at radius 2 is 1.95 bits per heavy atom. The van der Waals surface area contributed by atoms with Gasteiger partial charge in [-0.15, -0.1) is 0 Å². The number of pyridine rings is 1. The average Bonchev–Trinajstić information content (AvgIpc) is 2.68. The number of aromatic nitrogens is 1. The molecule has 2 rings (SSSR count). The fourth-order valence-electron chi connectivity index (χ4n) is 2.86. The lowest BCUT2D eigenvalue weighted by Gasteiger charge is -2.07. The van der Waals surface area contributed by atoms with Crippen LogP contribution >= 0.6 is 0 Å². The lowest BCUT2D eigenvalue weighted by atomic mass is 10.0. The van der Waals surface area contributed by atoms with Crippen molar-refractivity contribution in [1.82, 2.24) is 4.98 Å². The van der Waals surface area contributed by atoms with Crippen LogP contribution in [-0.4, -0.2) is 16.5 Å². The van der Waals surface area contributed by atoms with Crippen LogP contribution in [0.3, 0.4) is 0 Å². The van der Waals surface area contributed by atoms with Crippen LogP contribution in [0.25, 0.3) is 0 Å². The second-order valence-electron chi connectivity index (χ2n) is 6.49. The molecular weight excluding hydrogens is 242 g/mol. The van der Waals surface area contributed by atoms with Gasteiger partial charge in [-0.3, -0.25) is 10.1 Å². The number of nitrogens with zero attached hydrogens (tertiary/aromatic N) is 2. The molecule has 1 N–H and O–H groups in total. The molecule has 104 valence electrons. The highest BCUT2D eigenvalue weighted by molar-refractivity contribution is 5.49. The molecule has 0 radical (unpaired) electrons. The van der Waals surface area contributed by atoms with Gasteiger partial charge in [-0.05, 0) is 23.7 Å². The lowest BCUT2D eigenvalue weighted by molar-refractivity contribution is -0.385. The summed E-state index contributed by atoms with van der Waals surface area (Å²) in [5.74, 6) is 1.14. The zero-order valence-electron chi connectivity index (χ0n) is 12.2. The summed E-state index contributed by atoms with van der Waals surface area (Å²) in [5.41, 5.74) is 1.31. The van der Waals surface area contributed by atoms with Gasteiger partial charge in [0.2, 0.25) is 0 Å². The van der Waals surface area contributed by atoms with Gasteiger partial charge in [-0.25, -0.2) is 4.98 Å². The Morgan fingerprint density at radius 1 is 1.37 bits per heavy atom. The number of aryl methyl sites for hydroxylation is 1. The van der Waals surface area contributed by atoms with Gasteiger partial charge in [0.1, 0.15) is 5.82 Å². The maximum atomic E-state index is 10.9. The van der Waals surface area contributed by atoms with Crippen LogP contribution in [0, 0.1) is 33.8 Å². The fourth-order valence-corrected chi connectivity index (χ4v) is 2.86. The fraction of sp³-hybridized carbons (Fsp3) is 0.643. The van der Waals surface area contributed by atoms with Crippen molar-refractivity contribution in [3.05, 3.63) is 27.9 Å². The topological polar surface area (TPSA) is 68.1 Å². The monoisotopic (exact) mass is 263 g/mol. The van der Waals surface area contributed by atoms with Gasteiger partial charge in [0, 0.05) is 18.3 Å². The van der Waals surface area contributed by atoms with E-state index in [0.717, 1.165) is 6.54 Å². The Hall–Kier alpha value is -1.65. The van der Waals surface area contributed by atoms with E-state index in [1.54, 1.807) is 13.1 Å². The largest absolute Gasteiger partial charge is 0.370 e. The molecule has 1 aliphatic rings. The summed E-state index contributed by atoms with van der Waals surface area (Å²) >= 11 is 0. The number of nitrogens with one attached hydrogen (secondary N) is 1. The standard InChI is InChI=1S/C14H21N3O2/c1-9-7-15-12(6-10(9)17(18)19)16-8-11-13(2,3)14(11,4)5/h6-7,11H,8H2,1-5H3,(H,15,16). The van der Waals surface area contributed by atoms with Crippen molar-refractivity contribution in [2.75, 3.05) is 11.9 Å². The molecule has 0 amide bonds. The van der Waals surface area contributed by atoms with Crippen LogP contribution < -0.4 is 5.32 Å². The first-order valence-corrected chi connectivity index (χ1v) is 6.53. The van der Waals surface area contributed by atoms with E-state index < -0.39 is 0 Å². The third kappa shape index (κ3) is 2.17. The Labute approximate surface area is 113 Å². The summed E-state index contributed by atoms with van der Waals surface area (Å²) in [6, 6.07) is 1.51. The molecule has 0 unspecified atom stereocenters. The van der Waals surface area contributed by atoms with E-state index in [9.17, 15) is 10.1 Å². The Kier molecular flexibility index (Phi) is 3.03. The quantitative estimate of drug-likeness (QED) is 0.667. The minimum Gasteiger partial charge on any atom is -0.370 e. The van der Waals surface area contributed by atoms with Gasteiger partial charge >= 0.3 is 0 Å². The van der Waals surface area contributed by atoms with Gasteiger partial charge in [0.05, 0.1) is 11.0 Å². The molecule has 1 heterocycles. The highest BCUT2D eigenvalue weighted by Gasteiger charge is 2.64. The van der Waals surface area contributed by atoms with Crippen molar-refractivity contribution < 1.29 is 4.92 Å². The minimum absolute atomic E-state index is 0.117. The number of hydrogen-bond donors (Lipinski definition) is 1. The Morgan fingerprint density at radius 3 is 2.42 bits per heavy atom. The summed E-state index contributed by atoms with van der Waals surface area (Å²) in [6.45, 7) is 11.5. The molecule has 1 aromatic rings. The smallest absolute Gasteiger partial charge is 0.277 e. The second-order valence-corrected chi connectivity index (χ2v) is 6.49. The summed E-state index contributed by atoms with van der Waals surface area (Å²) in [5, 5.41) is 14.1. The summed E-state index contributed by atoms with van der Waals surface area (Å²) in [7, 11) is 0. The highest BCUT2D eigenvalue weighted by Crippen LogP contribution is 2.68. The number of rotatable bonds is 4. The van der Waals surface area contributed by atoms with E-state index in [0.29, 0.717) is 28.1 Å². The molecule has 0 atom stereocenters. The average molecular weight is 263 g/mol. The SMILES string of the molecule is Cc1cnc(NCC2C(C)(C)C2(C)C)cc1[N+](=O)[O-]. The number of hydrogen-bond acceptors (Lipinski definition) is 4. The number of nitro groups is 1. The van der Waals surface area contributed by atoms with E-state index in [2.05, 4.69) is 38.0 Å². The molecule has 0 bridgehead atoms. The zero-order valence-corrected chi connectivity index (χ0v) is 12.2. The van der Waals surface area contributed by atoms with Crippen molar-refractivity contribution in [2.24, 2.45) is 16.7 Å². The first-order valence-electron chi connectivity index (χ1n) is 6.53. The molecule has 0 saturated heterocycles. The maximum absolute atomic E-state index is 10.9. The maximum Gasteiger partial charge on any atom is 0.277 e. The van der Waals surface area contributed by atoms with Crippen LogP contribution in [-0.2, 0) is 0 Å². The molecule has 1 aliphatic carbocycles. The molecule has 0 aliphatic heterocycles. The Balaban J connectivity index is 2.06. The van der Waals surface area contributed by atoms with E-state index in [1.165, 1.54) is 6.07 Å². The molecule has 1 fully saturated rings. The molecule has 0 spiro atoms. The van der Waals surface area contributed by atoms with Crippen molar-refractivity contribution >= 4 is 11.5 Å². The minimum atomic E-state index is -0.368. The van der Waals surface area contributed by atoms with Crippen molar-refractivity contribution in [3.63, 3.8) is 0 Å².